The molecule has 0 aromatic rings. The van der Waals surface area contributed by atoms with E-state index in [1.54, 1.807) is 0 Å². The van der Waals surface area contributed by atoms with Crippen molar-refractivity contribution >= 4 is 0 Å². The summed E-state index contributed by atoms with van der Waals surface area (Å²) in [5, 5.41) is 0. The van der Waals surface area contributed by atoms with Gasteiger partial charge in [-0.3, -0.25) is 0 Å². The van der Waals surface area contributed by atoms with E-state index in [-0.39, 0.29) is 0 Å². The molecule has 1 rings (SSSR count). The molecule has 29 valence electrons. The highest BCUT2D eigenvalue weighted by molar-refractivity contribution is 5.21. The second kappa shape index (κ2) is 1.16. The predicted molar refractivity (Wildman–Crippen MR) is 25.1 cm³/mol. The van der Waals surface area contributed by atoms with E-state index >= 15 is 0 Å². The molecule has 0 N–H and O–H groups in total. The summed E-state index contributed by atoms with van der Waals surface area (Å²) in [6.07, 6.45) is 6.66. The zero-order chi connectivity index (χ0) is 4.41. The maximum Gasteiger partial charge on any atom is -0.00124 e. The molecule has 0 amide bonds. The SMILES string of the molecule is CC1=[13C]=CC=[13C]1. The number of hydrogen-bond donors (Lipinski definition) is 0. The van der Waals surface area contributed by atoms with Crippen LogP contribution in [0.1, 0.15) is 6.92 Å². The van der Waals surface area contributed by atoms with E-state index in [1.807, 2.05) is 19.1 Å². The minimum atomic E-state index is 1.09. The van der Waals surface area contributed by atoms with Crippen LogP contribution in [-0.4, -0.2) is 0 Å². The van der Waals surface area contributed by atoms with Crippen molar-refractivity contribution in [3.05, 3.63) is 29.5 Å². The Labute approximate surface area is 37.5 Å². The van der Waals surface area contributed by atoms with Gasteiger partial charge in [0.2, 0.25) is 0 Å². The zero-order valence-electron chi connectivity index (χ0n) is 3.65. The van der Waals surface area contributed by atoms with E-state index in [0.29, 0.717) is 0 Å². The summed E-state index contributed by atoms with van der Waals surface area (Å²) in [5.41, 5.74) is 4.04. The zero-order valence-corrected chi connectivity index (χ0v) is 3.65. The molecule has 1 aliphatic rings. The molecule has 0 aromatic carbocycles. The van der Waals surface area contributed by atoms with Gasteiger partial charge in [0.15, 0.2) is 0 Å². The van der Waals surface area contributed by atoms with Crippen LogP contribution in [0.15, 0.2) is 23.5 Å². The maximum atomic E-state index is 2.94. The predicted octanol–water partition coefficient (Wildman–Crippen LogP) is 1.46. The van der Waals surface area contributed by atoms with Gasteiger partial charge in [0, 0.05) is 0 Å². The van der Waals surface area contributed by atoms with Crippen LogP contribution in [0.2, 0.25) is 0 Å². The van der Waals surface area contributed by atoms with Crippen molar-refractivity contribution in [2.75, 3.05) is 0 Å². The maximum absolute atomic E-state index is 2.94. The minimum Gasteiger partial charge on any atom is -0.117 e. The Balaban J connectivity index is 2.98. The van der Waals surface area contributed by atoms with Crippen molar-refractivity contribution in [3.63, 3.8) is 0 Å². The van der Waals surface area contributed by atoms with Crippen LogP contribution in [0, 0.1) is 6.08 Å². The van der Waals surface area contributed by atoms with Gasteiger partial charge < -0.3 is 0 Å². The third-order valence-electron chi connectivity index (χ3n) is 0.683. The van der Waals surface area contributed by atoms with Crippen molar-refractivity contribution in [2.24, 2.45) is 0 Å². The van der Waals surface area contributed by atoms with E-state index in [0.717, 1.165) is 5.57 Å². The van der Waals surface area contributed by atoms with Gasteiger partial charge in [-0.25, -0.2) is 0 Å². The fourth-order valence-corrected chi connectivity index (χ4v) is 0.375. The third kappa shape index (κ3) is 0.425. The summed E-state index contributed by atoms with van der Waals surface area (Å²) in [4.78, 5) is 0. The molecular weight excluding hydrogens is 74.1 g/mol. The van der Waals surface area contributed by atoms with Gasteiger partial charge in [-0.2, -0.15) is 0 Å². The van der Waals surface area contributed by atoms with Crippen LogP contribution in [0.25, 0.3) is 0 Å². The van der Waals surface area contributed by atoms with E-state index in [9.17, 15) is 0 Å². The van der Waals surface area contributed by atoms with Crippen molar-refractivity contribution in [1.82, 2.24) is 0 Å². The number of allylic oxidation sites excluding steroid dienone is 3. The largest absolute Gasteiger partial charge is 0.117 e. The molecule has 0 heterocycles. The molecule has 0 aromatic heterocycles. The second-order valence-corrected chi connectivity index (χ2v) is 1.25. The number of rotatable bonds is 0. The second-order valence-electron chi connectivity index (χ2n) is 1.25. The standard InChI is InChI=1S/C6H5/c1-6-4-2-3-5-6/h2-3H,1H3/i4+1,5+1. The Kier molecular flexibility index (Phi) is 0.664. The Morgan fingerprint density at radius 3 is 2.50 bits per heavy atom. The summed E-state index contributed by atoms with van der Waals surface area (Å²) < 4.78 is 0. The first-order valence-corrected chi connectivity index (χ1v) is 1.91. The van der Waals surface area contributed by atoms with E-state index in [2.05, 4.69) is 11.8 Å². The van der Waals surface area contributed by atoms with E-state index in [1.165, 1.54) is 0 Å². The first-order chi connectivity index (χ1) is 2.89. The van der Waals surface area contributed by atoms with Crippen molar-refractivity contribution in [2.45, 2.75) is 6.92 Å². The average molecular weight is 79.1 g/mol. The summed E-state index contributed by atoms with van der Waals surface area (Å²) in [7, 11) is 0. The molecule has 0 nitrogen and oxygen atoms in total. The Bertz CT molecular complexity index is 132. The van der Waals surface area contributed by atoms with Gasteiger partial charge in [0.1, 0.15) is 0 Å². The molecular formula is C6H5. The molecule has 0 atom stereocenters. The molecule has 0 spiro atoms. The molecule has 1 aliphatic carbocycles. The summed E-state index contributed by atoms with van der Waals surface area (Å²) >= 11 is 0. The van der Waals surface area contributed by atoms with E-state index in [4.69, 9.17) is 0 Å². The molecule has 0 aliphatic heterocycles. The molecule has 0 fully saturated rings. The van der Waals surface area contributed by atoms with Crippen LogP contribution in [0.4, 0.5) is 0 Å². The lowest BCUT2D eigenvalue weighted by Gasteiger charge is -1.67. The summed E-state index contributed by atoms with van der Waals surface area (Å²) in [5.74, 6) is 0. The van der Waals surface area contributed by atoms with Gasteiger partial charge in [-0.05, 0) is 30.7 Å². The number of hydrogen-bond acceptors (Lipinski definition) is 0. The molecule has 1 radical (unpaired) electrons. The summed E-state index contributed by atoms with van der Waals surface area (Å²) in [6, 6.07) is 0. The average Bonchev–Trinajstić information content (AvgIpc) is 1.86. The minimum absolute atomic E-state index is 1.09. The lowest BCUT2D eigenvalue weighted by atomic mass is 10.6. The fourth-order valence-electron chi connectivity index (χ4n) is 0.375. The quantitative estimate of drug-likeness (QED) is 0.304. The highest BCUT2D eigenvalue weighted by Gasteiger charge is 1.78. The normalized spacial score (nSPS) is 15.8. The first-order valence-electron chi connectivity index (χ1n) is 1.91. The van der Waals surface area contributed by atoms with Gasteiger partial charge in [-0.1, -0.05) is 0 Å². The van der Waals surface area contributed by atoms with Crippen LogP contribution < -0.4 is 0 Å². The van der Waals surface area contributed by atoms with E-state index < -0.39 is 0 Å². The van der Waals surface area contributed by atoms with Crippen molar-refractivity contribution in [1.29, 1.82) is 0 Å². The Morgan fingerprint density at radius 2 is 2.33 bits per heavy atom. The first kappa shape index (κ1) is 3.45. The molecule has 0 saturated heterocycles. The van der Waals surface area contributed by atoms with Crippen LogP contribution in [-0.2, 0) is 0 Å². The monoisotopic (exact) mass is 79.0 g/mol. The summed E-state index contributed by atoms with van der Waals surface area (Å²) in [6.45, 7) is 1.97. The molecule has 0 heteroatoms. The van der Waals surface area contributed by atoms with Gasteiger partial charge in [0.05, 0.1) is 0 Å². The lowest BCUT2D eigenvalue weighted by Crippen LogP contribution is -1.52. The Morgan fingerprint density at radius 1 is 1.50 bits per heavy atom. The Hall–Kier alpha value is -0.740. The van der Waals surface area contributed by atoms with Crippen molar-refractivity contribution in [3.8, 4) is 0 Å². The van der Waals surface area contributed by atoms with Gasteiger partial charge in [-0.15, -0.1) is 5.73 Å². The fraction of sp³-hybridized carbons (Fsp3) is 0.167. The molecule has 0 unspecified atom stereocenters. The smallest absolute Gasteiger partial charge is 0.00124 e. The van der Waals surface area contributed by atoms with Crippen LogP contribution in [0.5, 0.6) is 0 Å². The topological polar surface area (TPSA) is 0 Å². The lowest BCUT2D eigenvalue weighted by molar-refractivity contribution is 1.54. The highest BCUT2D eigenvalue weighted by atomic mass is 14.2. The molecule has 0 bridgehead atoms. The highest BCUT2D eigenvalue weighted by Crippen LogP contribution is 1.95. The molecule has 6 heavy (non-hydrogen) atoms. The van der Waals surface area contributed by atoms with Crippen LogP contribution >= 0.6 is 0 Å². The van der Waals surface area contributed by atoms with Crippen LogP contribution in [0.3, 0.4) is 0 Å². The third-order valence-corrected chi connectivity index (χ3v) is 0.683. The van der Waals surface area contributed by atoms with Gasteiger partial charge in [0.25, 0.3) is 0 Å². The van der Waals surface area contributed by atoms with Crippen molar-refractivity contribution < 1.29 is 0 Å². The van der Waals surface area contributed by atoms with Gasteiger partial charge >= 0.3 is 0 Å². The molecule has 0 saturated carbocycles.